The maximum atomic E-state index is 12.3. The van der Waals surface area contributed by atoms with Crippen molar-refractivity contribution in [3.05, 3.63) is 33.9 Å². The Kier molecular flexibility index (Phi) is 6.54. The highest BCUT2D eigenvalue weighted by Gasteiger charge is 2.25. The van der Waals surface area contributed by atoms with Crippen molar-refractivity contribution in [3.63, 3.8) is 0 Å². The Balaban J connectivity index is 2.13. The minimum absolute atomic E-state index is 0.0477. The van der Waals surface area contributed by atoms with E-state index in [0.29, 0.717) is 18.0 Å². The molecule has 1 heterocycles. The van der Waals surface area contributed by atoms with E-state index in [1.165, 1.54) is 6.07 Å². The summed E-state index contributed by atoms with van der Waals surface area (Å²) in [6.07, 6.45) is 2.22. The van der Waals surface area contributed by atoms with Gasteiger partial charge < -0.3 is 15.3 Å². The summed E-state index contributed by atoms with van der Waals surface area (Å²) in [6, 6.07) is 4.18. The Hall–Kier alpha value is -2.64. The van der Waals surface area contributed by atoms with E-state index in [1.54, 1.807) is 19.1 Å². The molecule has 1 fully saturated rings. The molecule has 1 saturated heterocycles. The first-order valence-electron chi connectivity index (χ1n) is 8.84. The molecule has 0 aliphatic carbocycles. The van der Waals surface area contributed by atoms with Crippen LogP contribution in [-0.2, 0) is 4.79 Å². The lowest BCUT2D eigenvalue weighted by Crippen LogP contribution is -2.34. The number of nitrogens with zero attached hydrogens (tertiary/aromatic N) is 2. The number of carbonyl (C=O) groups is 2. The van der Waals surface area contributed by atoms with Crippen molar-refractivity contribution in [3.8, 4) is 0 Å². The molecule has 1 atom stereocenters. The average Bonchev–Trinajstić information content (AvgIpc) is 2.60. The van der Waals surface area contributed by atoms with Gasteiger partial charge in [0.15, 0.2) is 0 Å². The third-order valence-electron chi connectivity index (χ3n) is 4.73. The van der Waals surface area contributed by atoms with Crippen LogP contribution in [0.15, 0.2) is 18.2 Å². The molecule has 0 bridgehead atoms. The largest absolute Gasteiger partial charge is 0.481 e. The standard InChI is InChI=1S/C18H25N3O5/c1-12-7-9-20(10-8-12)15-5-4-14(11-16(15)21(25)26)18(24)19-13(2)3-6-17(22)23/h4-5,11-13H,3,6-10H2,1-2H3,(H,19,24)(H,22,23). The molecule has 1 aromatic rings. The van der Waals surface area contributed by atoms with Gasteiger partial charge in [-0.15, -0.1) is 0 Å². The smallest absolute Gasteiger partial charge is 0.303 e. The van der Waals surface area contributed by atoms with Crippen LogP contribution < -0.4 is 10.2 Å². The zero-order valence-corrected chi connectivity index (χ0v) is 15.1. The Bertz CT molecular complexity index is 683. The number of aliphatic carboxylic acids is 1. The second-order valence-corrected chi connectivity index (χ2v) is 6.94. The fraction of sp³-hybridized carbons (Fsp3) is 0.556. The van der Waals surface area contributed by atoms with E-state index in [9.17, 15) is 19.7 Å². The number of rotatable bonds is 7. The highest BCUT2D eigenvalue weighted by Crippen LogP contribution is 2.32. The molecule has 1 aromatic carbocycles. The molecule has 2 rings (SSSR count). The molecular formula is C18H25N3O5. The Labute approximate surface area is 152 Å². The molecule has 0 aromatic heterocycles. The van der Waals surface area contributed by atoms with Crippen molar-refractivity contribution in [1.29, 1.82) is 0 Å². The molecule has 1 amide bonds. The van der Waals surface area contributed by atoms with E-state index in [1.807, 2.05) is 4.90 Å². The number of carbonyl (C=O) groups excluding carboxylic acids is 1. The van der Waals surface area contributed by atoms with Gasteiger partial charge in [0, 0.05) is 37.2 Å². The molecule has 0 radical (unpaired) electrons. The molecule has 1 aliphatic rings. The summed E-state index contributed by atoms with van der Waals surface area (Å²) in [7, 11) is 0. The molecular weight excluding hydrogens is 338 g/mol. The molecule has 0 saturated carbocycles. The summed E-state index contributed by atoms with van der Waals surface area (Å²) in [4.78, 5) is 35.9. The number of carboxylic acids is 1. The highest BCUT2D eigenvalue weighted by atomic mass is 16.6. The number of piperidine rings is 1. The third kappa shape index (κ3) is 5.18. The summed E-state index contributed by atoms with van der Waals surface area (Å²) >= 11 is 0. The SMILES string of the molecule is CC1CCN(c2ccc(C(=O)NC(C)CCC(=O)O)cc2[N+](=O)[O-])CC1. The first kappa shape index (κ1) is 19.7. The first-order chi connectivity index (χ1) is 12.3. The first-order valence-corrected chi connectivity index (χ1v) is 8.84. The van der Waals surface area contributed by atoms with E-state index in [0.717, 1.165) is 25.9 Å². The van der Waals surface area contributed by atoms with Crippen molar-refractivity contribution in [1.82, 2.24) is 5.32 Å². The van der Waals surface area contributed by atoms with E-state index >= 15 is 0 Å². The van der Waals surface area contributed by atoms with Gasteiger partial charge in [0.1, 0.15) is 5.69 Å². The van der Waals surface area contributed by atoms with Gasteiger partial charge in [-0.3, -0.25) is 19.7 Å². The maximum absolute atomic E-state index is 12.3. The molecule has 0 spiro atoms. The lowest BCUT2D eigenvalue weighted by molar-refractivity contribution is -0.384. The van der Waals surface area contributed by atoms with Crippen molar-refractivity contribution in [2.45, 2.75) is 45.6 Å². The summed E-state index contributed by atoms with van der Waals surface area (Å²) in [5.74, 6) is -0.755. The van der Waals surface area contributed by atoms with Gasteiger partial charge in [0.25, 0.3) is 11.6 Å². The van der Waals surface area contributed by atoms with Crippen LogP contribution >= 0.6 is 0 Å². The maximum Gasteiger partial charge on any atom is 0.303 e. The molecule has 8 heteroatoms. The topological polar surface area (TPSA) is 113 Å². The molecule has 2 N–H and O–H groups in total. The van der Waals surface area contributed by atoms with Crippen LogP contribution in [0.1, 0.15) is 49.9 Å². The van der Waals surface area contributed by atoms with E-state index < -0.39 is 16.8 Å². The van der Waals surface area contributed by atoms with E-state index in [4.69, 9.17) is 5.11 Å². The normalized spacial score (nSPS) is 16.2. The van der Waals surface area contributed by atoms with Crippen molar-refractivity contribution in [2.75, 3.05) is 18.0 Å². The minimum Gasteiger partial charge on any atom is -0.481 e. The van der Waals surface area contributed by atoms with Gasteiger partial charge in [-0.1, -0.05) is 6.92 Å². The minimum atomic E-state index is -0.929. The van der Waals surface area contributed by atoms with Crippen LogP contribution in [0.3, 0.4) is 0 Å². The summed E-state index contributed by atoms with van der Waals surface area (Å²) in [5.41, 5.74) is 0.663. The van der Waals surface area contributed by atoms with Gasteiger partial charge in [-0.25, -0.2) is 0 Å². The Morgan fingerprint density at radius 1 is 1.38 bits per heavy atom. The third-order valence-corrected chi connectivity index (χ3v) is 4.73. The highest BCUT2D eigenvalue weighted by molar-refractivity contribution is 5.96. The fourth-order valence-electron chi connectivity index (χ4n) is 3.05. The molecule has 142 valence electrons. The number of nitro benzene ring substituents is 1. The monoisotopic (exact) mass is 363 g/mol. The predicted molar refractivity (Wildman–Crippen MR) is 97.5 cm³/mol. The molecule has 1 unspecified atom stereocenters. The number of nitrogens with one attached hydrogen (secondary N) is 1. The predicted octanol–water partition coefficient (Wildman–Crippen LogP) is 2.81. The van der Waals surface area contributed by atoms with Crippen LogP contribution in [0.2, 0.25) is 0 Å². The quantitative estimate of drug-likeness (QED) is 0.569. The average molecular weight is 363 g/mol. The summed E-state index contributed by atoms with van der Waals surface area (Å²) in [6.45, 7) is 5.41. The zero-order valence-electron chi connectivity index (χ0n) is 15.1. The van der Waals surface area contributed by atoms with Gasteiger partial charge in [0.05, 0.1) is 4.92 Å². The van der Waals surface area contributed by atoms with Gasteiger partial charge >= 0.3 is 5.97 Å². The van der Waals surface area contributed by atoms with Crippen molar-refractivity contribution in [2.24, 2.45) is 5.92 Å². The number of carboxylic acid groups (broad SMARTS) is 1. The van der Waals surface area contributed by atoms with Crippen molar-refractivity contribution < 1.29 is 19.6 Å². The zero-order chi connectivity index (χ0) is 19.3. The summed E-state index contributed by atoms with van der Waals surface area (Å²) < 4.78 is 0. The van der Waals surface area contributed by atoms with Crippen LogP contribution in [0.4, 0.5) is 11.4 Å². The van der Waals surface area contributed by atoms with Gasteiger partial charge in [-0.2, -0.15) is 0 Å². The second-order valence-electron chi connectivity index (χ2n) is 6.94. The van der Waals surface area contributed by atoms with Crippen LogP contribution in [0.5, 0.6) is 0 Å². The van der Waals surface area contributed by atoms with E-state index in [-0.39, 0.29) is 23.7 Å². The number of hydrogen-bond donors (Lipinski definition) is 2. The van der Waals surface area contributed by atoms with Crippen LogP contribution in [0, 0.1) is 16.0 Å². The lowest BCUT2D eigenvalue weighted by Gasteiger charge is -2.31. The number of amides is 1. The number of nitro groups is 1. The number of anilines is 1. The second kappa shape index (κ2) is 8.64. The van der Waals surface area contributed by atoms with Gasteiger partial charge in [0.2, 0.25) is 0 Å². The number of benzene rings is 1. The van der Waals surface area contributed by atoms with Gasteiger partial charge in [-0.05, 0) is 44.2 Å². The Morgan fingerprint density at radius 2 is 2.04 bits per heavy atom. The van der Waals surface area contributed by atoms with Crippen LogP contribution in [0.25, 0.3) is 0 Å². The molecule has 8 nitrogen and oxygen atoms in total. The Morgan fingerprint density at radius 3 is 2.62 bits per heavy atom. The lowest BCUT2D eigenvalue weighted by atomic mass is 9.98. The van der Waals surface area contributed by atoms with Crippen LogP contribution in [-0.4, -0.2) is 41.0 Å². The number of hydrogen-bond acceptors (Lipinski definition) is 5. The summed E-state index contributed by atoms with van der Waals surface area (Å²) in [5, 5.41) is 22.9. The molecule has 1 aliphatic heterocycles. The fourth-order valence-corrected chi connectivity index (χ4v) is 3.05. The molecule has 26 heavy (non-hydrogen) atoms. The van der Waals surface area contributed by atoms with Crippen molar-refractivity contribution >= 4 is 23.3 Å². The van der Waals surface area contributed by atoms with E-state index in [2.05, 4.69) is 12.2 Å².